The number of sulfonamides is 1. The van der Waals surface area contributed by atoms with Gasteiger partial charge in [0.25, 0.3) is 5.91 Å². The molecule has 0 spiro atoms. The van der Waals surface area contributed by atoms with E-state index in [2.05, 4.69) is 5.32 Å². The van der Waals surface area contributed by atoms with E-state index < -0.39 is 15.9 Å². The van der Waals surface area contributed by atoms with E-state index in [0.29, 0.717) is 16.9 Å². The summed E-state index contributed by atoms with van der Waals surface area (Å²) in [7, 11) is -0.701. The second-order valence-electron chi connectivity index (χ2n) is 6.04. The van der Waals surface area contributed by atoms with E-state index in [4.69, 9.17) is 4.74 Å². The van der Waals surface area contributed by atoms with Gasteiger partial charge in [-0.15, -0.1) is 0 Å². The standard InChI is InChI=1S/C19H22N2O5S/c1-14(22)15-8-6-9-17(11-15)26-13-19(23)20-12-16-7-4-5-10-18(16)27(24,25)21(2)3/h4-11H,12-13H2,1-3H3,(H,20,23). The van der Waals surface area contributed by atoms with Crippen molar-refractivity contribution in [2.75, 3.05) is 20.7 Å². The number of hydrogen-bond acceptors (Lipinski definition) is 5. The SMILES string of the molecule is CC(=O)c1cccc(OCC(=O)NCc2ccccc2S(=O)(=O)N(C)C)c1. The molecule has 0 heterocycles. The van der Waals surface area contributed by atoms with Crippen LogP contribution in [-0.4, -0.2) is 45.1 Å². The first-order valence-electron chi connectivity index (χ1n) is 8.22. The summed E-state index contributed by atoms with van der Waals surface area (Å²) in [4.78, 5) is 23.6. The summed E-state index contributed by atoms with van der Waals surface area (Å²) in [6, 6.07) is 13.0. The van der Waals surface area contributed by atoms with Crippen molar-refractivity contribution in [3.8, 4) is 5.75 Å². The van der Waals surface area contributed by atoms with E-state index in [-0.39, 0.29) is 23.8 Å². The molecule has 144 valence electrons. The molecule has 0 unspecified atom stereocenters. The average Bonchev–Trinajstić information content (AvgIpc) is 2.65. The normalized spacial score (nSPS) is 11.3. The Morgan fingerprint density at radius 1 is 1.07 bits per heavy atom. The molecule has 2 rings (SSSR count). The highest BCUT2D eigenvalue weighted by molar-refractivity contribution is 7.89. The lowest BCUT2D eigenvalue weighted by Crippen LogP contribution is -2.30. The zero-order chi connectivity index (χ0) is 20.0. The summed E-state index contributed by atoms with van der Waals surface area (Å²) >= 11 is 0. The first-order chi connectivity index (χ1) is 12.7. The lowest BCUT2D eigenvalue weighted by atomic mass is 10.1. The Morgan fingerprint density at radius 3 is 2.44 bits per heavy atom. The van der Waals surface area contributed by atoms with E-state index in [1.807, 2.05) is 0 Å². The molecule has 0 saturated heterocycles. The molecule has 1 N–H and O–H groups in total. The van der Waals surface area contributed by atoms with Crippen molar-refractivity contribution < 1.29 is 22.7 Å². The molecule has 0 atom stereocenters. The van der Waals surface area contributed by atoms with Gasteiger partial charge in [-0.25, -0.2) is 12.7 Å². The number of nitrogens with zero attached hydrogens (tertiary/aromatic N) is 1. The molecule has 0 aliphatic rings. The first kappa shape index (κ1) is 20.6. The van der Waals surface area contributed by atoms with Gasteiger partial charge in [-0.3, -0.25) is 9.59 Å². The first-order valence-corrected chi connectivity index (χ1v) is 9.66. The van der Waals surface area contributed by atoms with E-state index in [9.17, 15) is 18.0 Å². The predicted octanol–water partition coefficient (Wildman–Crippen LogP) is 1.83. The molecule has 0 aliphatic heterocycles. The van der Waals surface area contributed by atoms with Gasteiger partial charge in [-0.05, 0) is 30.7 Å². The molecule has 27 heavy (non-hydrogen) atoms. The van der Waals surface area contributed by atoms with Gasteiger partial charge in [-0.2, -0.15) is 0 Å². The van der Waals surface area contributed by atoms with Crippen LogP contribution in [0.1, 0.15) is 22.8 Å². The highest BCUT2D eigenvalue weighted by atomic mass is 32.2. The molecule has 0 aromatic heterocycles. The molecule has 2 aromatic rings. The smallest absolute Gasteiger partial charge is 0.258 e. The highest BCUT2D eigenvalue weighted by Crippen LogP contribution is 2.18. The Morgan fingerprint density at radius 2 is 1.78 bits per heavy atom. The number of rotatable bonds is 8. The third kappa shape index (κ3) is 5.38. The Balaban J connectivity index is 1.99. The van der Waals surface area contributed by atoms with Crippen LogP contribution in [0.25, 0.3) is 0 Å². The summed E-state index contributed by atoms with van der Waals surface area (Å²) in [5, 5.41) is 2.64. The van der Waals surface area contributed by atoms with Crippen LogP contribution in [0.4, 0.5) is 0 Å². The fourth-order valence-corrected chi connectivity index (χ4v) is 3.41. The summed E-state index contributed by atoms with van der Waals surface area (Å²) in [5.74, 6) is -0.0858. The molecule has 2 aromatic carbocycles. The zero-order valence-electron chi connectivity index (χ0n) is 15.4. The molecule has 8 heteroatoms. The van der Waals surface area contributed by atoms with Gasteiger partial charge in [0.1, 0.15) is 5.75 Å². The van der Waals surface area contributed by atoms with Gasteiger partial charge in [0.2, 0.25) is 10.0 Å². The van der Waals surface area contributed by atoms with Gasteiger partial charge in [-0.1, -0.05) is 30.3 Å². The maximum absolute atomic E-state index is 12.4. The average molecular weight is 390 g/mol. The van der Waals surface area contributed by atoms with E-state index in [1.54, 1.807) is 42.5 Å². The van der Waals surface area contributed by atoms with Crippen molar-refractivity contribution >= 4 is 21.7 Å². The summed E-state index contributed by atoms with van der Waals surface area (Å²) in [6.45, 7) is 1.26. The van der Waals surface area contributed by atoms with Gasteiger partial charge in [0.15, 0.2) is 12.4 Å². The summed E-state index contributed by atoms with van der Waals surface area (Å²) < 4.78 is 31.2. The molecule has 0 saturated carbocycles. The minimum absolute atomic E-state index is 0.0545. The second kappa shape index (κ2) is 8.79. The minimum atomic E-state index is -3.60. The predicted molar refractivity (Wildman–Crippen MR) is 101 cm³/mol. The van der Waals surface area contributed by atoms with Crippen LogP contribution in [0.2, 0.25) is 0 Å². The topological polar surface area (TPSA) is 92.8 Å². The largest absolute Gasteiger partial charge is 0.484 e. The van der Waals surface area contributed by atoms with Gasteiger partial charge < -0.3 is 10.1 Å². The van der Waals surface area contributed by atoms with Crippen LogP contribution in [0.5, 0.6) is 5.75 Å². The molecule has 0 aliphatic carbocycles. The van der Waals surface area contributed by atoms with Crippen LogP contribution in [0.15, 0.2) is 53.4 Å². The third-order valence-corrected chi connectivity index (χ3v) is 5.73. The fourth-order valence-electron chi connectivity index (χ4n) is 2.30. The highest BCUT2D eigenvalue weighted by Gasteiger charge is 2.20. The lowest BCUT2D eigenvalue weighted by Gasteiger charge is -2.15. The molecule has 0 radical (unpaired) electrons. The number of nitrogens with one attached hydrogen (secondary N) is 1. The lowest BCUT2D eigenvalue weighted by molar-refractivity contribution is -0.123. The summed E-state index contributed by atoms with van der Waals surface area (Å²) in [5.41, 5.74) is 0.980. The zero-order valence-corrected chi connectivity index (χ0v) is 16.2. The quantitative estimate of drug-likeness (QED) is 0.694. The molecular weight excluding hydrogens is 368 g/mol. The summed E-state index contributed by atoms with van der Waals surface area (Å²) in [6.07, 6.45) is 0. The number of carbonyl (C=O) groups is 2. The van der Waals surface area contributed by atoms with Crippen LogP contribution in [0.3, 0.4) is 0 Å². The number of ether oxygens (including phenoxy) is 1. The number of benzene rings is 2. The van der Waals surface area contributed by atoms with Crippen molar-refractivity contribution in [3.05, 3.63) is 59.7 Å². The maximum atomic E-state index is 12.4. The van der Waals surface area contributed by atoms with Crippen molar-refractivity contribution in [3.63, 3.8) is 0 Å². The Kier molecular flexibility index (Phi) is 6.70. The van der Waals surface area contributed by atoms with Gasteiger partial charge in [0, 0.05) is 26.2 Å². The number of carbonyl (C=O) groups excluding carboxylic acids is 2. The van der Waals surface area contributed by atoms with Crippen molar-refractivity contribution in [1.29, 1.82) is 0 Å². The third-order valence-electron chi connectivity index (χ3n) is 3.82. The second-order valence-corrected chi connectivity index (χ2v) is 8.16. The number of ketones is 1. The number of hydrogen-bond donors (Lipinski definition) is 1. The number of amides is 1. The van der Waals surface area contributed by atoms with Gasteiger partial charge in [0.05, 0.1) is 4.90 Å². The van der Waals surface area contributed by atoms with Crippen molar-refractivity contribution in [2.24, 2.45) is 0 Å². The monoisotopic (exact) mass is 390 g/mol. The Bertz CT molecular complexity index is 939. The van der Waals surface area contributed by atoms with Gasteiger partial charge >= 0.3 is 0 Å². The molecular formula is C19H22N2O5S. The molecule has 0 bridgehead atoms. The van der Waals surface area contributed by atoms with E-state index in [0.717, 1.165) is 4.31 Å². The van der Waals surface area contributed by atoms with Crippen LogP contribution >= 0.6 is 0 Å². The molecule has 1 amide bonds. The Labute approximate surface area is 159 Å². The number of Topliss-reactive ketones (excluding diaryl/α,β-unsaturated/α-hetero) is 1. The van der Waals surface area contributed by atoms with E-state index >= 15 is 0 Å². The van der Waals surface area contributed by atoms with Crippen LogP contribution < -0.4 is 10.1 Å². The molecule has 0 fully saturated rings. The van der Waals surface area contributed by atoms with E-state index in [1.165, 1.54) is 27.1 Å². The van der Waals surface area contributed by atoms with Crippen molar-refractivity contribution in [2.45, 2.75) is 18.4 Å². The fraction of sp³-hybridized carbons (Fsp3) is 0.263. The van der Waals surface area contributed by atoms with Crippen LogP contribution in [0, 0.1) is 0 Å². The maximum Gasteiger partial charge on any atom is 0.258 e. The minimum Gasteiger partial charge on any atom is -0.484 e. The Hall–Kier alpha value is -2.71. The van der Waals surface area contributed by atoms with Crippen molar-refractivity contribution in [1.82, 2.24) is 9.62 Å². The molecule has 7 nitrogen and oxygen atoms in total. The van der Waals surface area contributed by atoms with Crippen LogP contribution in [-0.2, 0) is 21.4 Å².